The van der Waals surface area contributed by atoms with E-state index in [1.807, 2.05) is 6.92 Å². The first-order valence-corrected chi connectivity index (χ1v) is 12.0. The van der Waals surface area contributed by atoms with E-state index in [4.69, 9.17) is 9.47 Å². The average Bonchev–Trinajstić information content (AvgIpc) is 2.82. The molecule has 0 aliphatic rings. The third-order valence-corrected chi connectivity index (χ3v) is 7.08. The van der Waals surface area contributed by atoms with E-state index in [1.54, 1.807) is 37.3 Å². The van der Waals surface area contributed by atoms with Gasteiger partial charge in [0.1, 0.15) is 12.4 Å². The molecule has 0 heterocycles. The highest BCUT2D eigenvalue weighted by atomic mass is 32.2. The average molecular weight is 487 g/mol. The Morgan fingerprint density at radius 2 is 1.59 bits per heavy atom. The van der Waals surface area contributed by atoms with E-state index in [2.05, 4.69) is 5.32 Å². The molecule has 3 rings (SSSR count). The Balaban J connectivity index is 1.87. The second-order valence-electron chi connectivity index (χ2n) is 7.70. The van der Waals surface area contributed by atoms with Crippen LogP contribution in [0.2, 0.25) is 0 Å². The molecule has 180 valence electrons. The van der Waals surface area contributed by atoms with Gasteiger partial charge in [0.2, 0.25) is 5.91 Å². The Hall–Kier alpha value is -3.59. The highest BCUT2D eigenvalue weighted by Crippen LogP contribution is 2.30. The van der Waals surface area contributed by atoms with E-state index in [9.17, 15) is 17.6 Å². The third kappa shape index (κ3) is 5.66. The molecule has 1 unspecified atom stereocenters. The maximum absolute atomic E-state index is 13.5. The topological polar surface area (TPSA) is 84.9 Å². The number of nitrogens with one attached hydrogen (secondary N) is 1. The number of carbonyl (C=O) groups excluding carboxylic acids is 1. The fourth-order valence-corrected chi connectivity index (χ4v) is 4.80. The molecule has 3 aromatic rings. The smallest absolute Gasteiger partial charge is 0.264 e. The number of rotatable bonds is 9. The standard InChI is InChI=1S/C25H27FN2O5S/c1-17-5-12-22(13-6-17)34(30,31)28(21-10-8-20(26)9-11-21)16-25(29)27-18(2)19-7-14-23(32-3)24(15-19)33-4/h5-15,18H,16H2,1-4H3,(H,27,29). The lowest BCUT2D eigenvalue weighted by Gasteiger charge is -2.25. The van der Waals surface area contributed by atoms with Gasteiger partial charge < -0.3 is 14.8 Å². The number of sulfonamides is 1. The van der Waals surface area contributed by atoms with E-state index in [1.165, 1.54) is 38.5 Å². The van der Waals surface area contributed by atoms with Crippen LogP contribution in [-0.4, -0.2) is 35.1 Å². The zero-order valence-corrected chi connectivity index (χ0v) is 20.2. The molecule has 7 nitrogen and oxygen atoms in total. The molecular weight excluding hydrogens is 459 g/mol. The number of anilines is 1. The van der Waals surface area contributed by atoms with Crippen molar-refractivity contribution < 1.29 is 27.1 Å². The Morgan fingerprint density at radius 3 is 2.18 bits per heavy atom. The number of hydrogen-bond donors (Lipinski definition) is 1. The zero-order chi connectivity index (χ0) is 24.9. The predicted octanol–water partition coefficient (Wildman–Crippen LogP) is 4.22. The number of aryl methyl sites for hydroxylation is 1. The molecule has 0 radical (unpaired) electrons. The molecule has 0 spiro atoms. The molecular formula is C25H27FN2O5S. The van der Waals surface area contributed by atoms with Crippen molar-refractivity contribution in [2.75, 3.05) is 25.1 Å². The molecule has 0 saturated heterocycles. The van der Waals surface area contributed by atoms with Crippen molar-refractivity contribution >= 4 is 21.6 Å². The summed E-state index contributed by atoms with van der Waals surface area (Å²) in [6.07, 6.45) is 0. The Bertz CT molecular complexity index is 1250. The summed E-state index contributed by atoms with van der Waals surface area (Å²) in [5, 5.41) is 2.81. The summed E-state index contributed by atoms with van der Waals surface area (Å²) in [4.78, 5) is 13.0. The Labute approximate surface area is 199 Å². The summed E-state index contributed by atoms with van der Waals surface area (Å²) in [6, 6.07) is 16.1. The SMILES string of the molecule is COc1ccc(C(C)NC(=O)CN(c2ccc(F)cc2)S(=O)(=O)c2ccc(C)cc2)cc1OC. The number of methoxy groups -OCH3 is 2. The fraction of sp³-hybridized carbons (Fsp3) is 0.240. The van der Waals surface area contributed by atoms with Gasteiger partial charge in [-0.3, -0.25) is 9.10 Å². The molecule has 1 amide bonds. The molecule has 9 heteroatoms. The second kappa shape index (κ2) is 10.6. The highest BCUT2D eigenvalue weighted by molar-refractivity contribution is 7.92. The van der Waals surface area contributed by atoms with Crippen molar-refractivity contribution in [2.45, 2.75) is 24.8 Å². The summed E-state index contributed by atoms with van der Waals surface area (Å²) in [7, 11) is -1.04. The van der Waals surface area contributed by atoms with Gasteiger partial charge in [-0.2, -0.15) is 0 Å². The van der Waals surface area contributed by atoms with Crippen LogP contribution in [0, 0.1) is 12.7 Å². The van der Waals surface area contributed by atoms with Crippen LogP contribution >= 0.6 is 0 Å². The lowest BCUT2D eigenvalue weighted by atomic mass is 10.1. The van der Waals surface area contributed by atoms with Gasteiger partial charge >= 0.3 is 0 Å². The maximum atomic E-state index is 13.5. The van der Waals surface area contributed by atoms with Crippen LogP contribution < -0.4 is 19.1 Å². The minimum absolute atomic E-state index is 0.0307. The quantitative estimate of drug-likeness (QED) is 0.490. The van der Waals surface area contributed by atoms with Gasteiger partial charge in [-0.05, 0) is 67.9 Å². The first-order valence-electron chi connectivity index (χ1n) is 10.5. The number of amides is 1. The van der Waals surface area contributed by atoms with Crippen molar-refractivity contribution in [3.63, 3.8) is 0 Å². The van der Waals surface area contributed by atoms with Crippen LogP contribution in [-0.2, 0) is 14.8 Å². The molecule has 0 aliphatic carbocycles. The summed E-state index contributed by atoms with van der Waals surface area (Å²) >= 11 is 0. The van der Waals surface area contributed by atoms with Gasteiger partial charge in [0.15, 0.2) is 11.5 Å². The third-order valence-electron chi connectivity index (χ3n) is 5.30. The molecule has 0 aliphatic heterocycles. The van der Waals surface area contributed by atoms with E-state index in [-0.39, 0.29) is 10.6 Å². The predicted molar refractivity (Wildman–Crippen MR) is 128 cm³/mol. The van der Waals surface area contributed by atoms with Crippen molar-refractivity contribution in [1.82, 2.24) is 5.32 Å². The number of benzene rings is 3. The lowest BCUT2D eigenvalue weighted by Crippen LogP contribution is -2.41. The largest absolute Gasteiger partial charge is 0.493 e. The molecule has 0 saturated carbocycles. The van der Waals surface area contributed by atoms with Crippen LogP contribution in [0.4, 0.5) is 10.1 Å². The molecule has 3 aromatic carbocycles. The number of hydrogen-bond acceptors (Lipinski definition) is 5. The molecule has 0 fully saturated rings. The van der Waals surface area contributed by atoms with E-state index >= 15 is 0 Å². The monoisotopic (exact) mass is 486 g/mol. The van der Waals surface area contributed by atoms with Crippen molar-refractivity contribution in [3.05, 3.63) is 83.7 Å². The first-order chi connectivity index (χ1) is 16.1. The van der Waals surface area contributed by atoms with E-state index in [0.29, 0.717) is 11.5 Å². The van der Waals surface area contributed by atoms with Crippen molar-refractivity contribution in [1.29, 1.82) is 0 Å². The maximum Gasteiger partial charge on any atom is 0.264 e. The van der Waals surface area contributed by atoms with Crippen LogP contribution in [0.5, 0.6) is 11.5 Å². The zero-order valence-electron chi connectivity index (χ0n) is 19.4. The summed E-state index contributed by atoms with van der Waals surface area (Å²) < 4.78 is 51.8. The van der Waals surface area contributed by atoms with Gasteiger partial charge in [0.25, 0.3) is 10.0 Å². The fourth-order valence-electron chi connectivity index (χ4n) is 3.38. The summed E-state index contributed by atoms with van der Waals surface area (Å²) in [5.41, 5.74) is 1.82. The number of halogens is 1. The first kappa shape index (κ1) is 25.0. The van der Waals surface area contributed by atoms with Gasteiger partial charge in [0, 0.05) is 0 Å². The van der Waals surface area contributed by atoms with Crippen LogP contribution in [0.25, 0.3) is 0 Å². The van der Waals surface area contributed by atoms with Gasteiger partial charge in [-0.15, -0.1) is 0 Å². The number of nitrogens with zero attached hydrogens (tertiary/aromatic N) is 1. The van der Waals surface area contributed by atoms with Crippen LogP contribution in [0.15, 0.2) is 71.6 Å². The summed E-state index contributed by atoms with van der Waals surface area (Å²) in [5.74, 6) is 0.0256. The number of ether oxygens (including phenoxy) is 2. The van der Waals surface area contributed by atoms with Gasteiger partial charge in [0.05, 0.1) is 30.8 Å². The second-order valence-corrected chi connectivity index (χ2v) is 9.57. The van der Waals surface area contributed by atoms with Crippen molar-refractivity contribution in [2.24, 2.45) is 0 Å². The minimum atomic E-state index is -4.09. The van der Waals surface area contributed by atoms with Gasteiger partial charge in [-0.1, -0.05) is 23.8 Å². The van der Waals surface area contributed by atoms with Crippen LogP contribution in [0.3, 0.4) is 0 Å². The van der Waals surface area contributed by atoms with Gasteiger partial charge in [-0.25, -0.2) is 12.8 Å². The van der Waals surface area contributed by atoms with Crippen molar-refractivity contribution in [3.8, 4) is 11.5 Å². The normalized spacial score (nSPS) is 12.0. The van der Waals surface area contributed by atoms with E-state index < -0.39 is 34.3 Å². The molecule has 1 atom stereocenters. The highest BCUT2D eigenvalue weighted by Gasteiger charge is 2.28. The molecule has 0 aromatic heterocycles. The molecule has 0 bridgehead atoms. The summed E-state index contributed by atoms with van der Waals surface area (Å²) in [6.45, 7) is 3.13. The number of carbonyl (C=O) groups is 1. The van der Waals surface area contributed by atoms with Crippen LogP contribution in [0.1, 0.15) is 24.1 Å². The minimum Gasteiger partial charge on any atom is -0.493 e. The van der Waals surface area contributed by atoms with E-state index in [0.717, 1.165) is 27.6 Å². The molecule has 1 N–H and O–H groups in total. The Kier molecular flexibility index (Phi) is 7.78. The Morgan fingerprint density at radius 1 is 0.971 bits per heavy atom. The molecule has 34 heavy (non-hydrogen) atoms. The lowest BCUT2D eigenvalue weighted by molar-refractivity contribution is -0.120.